The zero-order valence-electron chi connectivity index (χ0n) is 15.0. The standard InChI is InChI=1S/C20H20N4O2S/c1-22-10-12-23(13-11-22)16-7-8-17(24(25)26)19(14-16)27-18-6-2-4-15-5-3-9-21-20(15)18/h2-9,14H,10-13H2,1H3. The van der Waals surface area contributed by atoms with Gasteiger partial charge in [-0.3, -0.25) is 15.1 Å². The Bertz CT molecular complexity index is 981. The predicted molar refractivity (Wildman–Crippen MR) is 109 cm³/mol. The number of anilines is 1. The molecule has 0 atom stereocenters. The number of hydrogen-bond donors (Lipinski definition) is 0. The summed E-state index contributed by atoms with van der Waals surface area (Å²) in [6, 6.07) is 15.2. The third-order valence-electron chi connectivity index (χ3n) is 4.82. The third kappa shape index (κ3) is 3.74. The fourth-order valence-corrected chi connectivity index (χ4v) is 4.35. The van der Waals surface area contributed by atoms with E-state index in [0.29, 0.717) is 4.90 Å². The maximum atomic E-state index is 11.6. The molecule has 0 radical (unpaired) electrons. The number of nitrogens with zero attached hydrogens (tertiary/aromatic N) is 4. The van der Waals surface area contributed by atoms with E-state index in [0.717, 1.165) is 47.7 Å². The van der Waals surface area contributed by atoms with E-state index in [1.165, 1.54) is 11.8 Å². The molecule has 4 rings (SSSR count). The molecule has 6 nitrogen and oxygen atoms in total. The molecule has 27 heavy (non-hydrogen) atoms. The van der Waals surface area contributed by atoms with Gasteiger partial charge in [-0.2, -0.15) is 0 Å². The minimum absolute atomic E-state index is 0.130. The summed E-state index contributed by atoms with van der Waals surface area (Å²) in [6.45, 7) is 3.84. The van der Waals surface area contributed by atoms with Crippen LogP contribution in [0.3, 0.4) is 0 Å². The highest BCUT2D eigenvalue weighted by Gasteiger charge is 2.20. The van der Waals surface area contributed by atoms with Gasteiger partial charge in [0.05, 0.1) is 15.3 Å². The maximum absolute atomic E-state index is 11.6. The SMILES string of the molecule is CN1CCN(c2ccc([N+](=O)[O-])c(Sc3cccc4cccnc34)c2)CC1. The molecule has 0 spiro atoms. The summed E-state index contributed by atoms with van der Waals surface area (Å²) in [4.78, 5) is 21.9. The Hall–Kier alpha value is -2.64. The molecule has 2 aromatic carbocycles. The highest BCUT2D eigenvalue weighted by molar-refractivity contribution is 7.99. The Kier molecular flexibility index (Phi) is 4.96. The van der Waals surface area contributed by atoms with Gasteiger partial charge in [-0.1, -0.05) is 30.0 Å². The van der Waals surface area contributed by atoms with E-state index >= 15 is 0 Å². The highest BCUT2D eigenvalue weighted by atomic mass is 32.2. The summed E-state index contributed by atoms with van der Waals surface area (Å²) in [5.41, 5.74) is 2.03. The molecule has 1 aromatic heterocycles. The van der Waals surface area contributed by atoms with Crippen molar-refractivity contribution in [1.82, 2.24) is 9.88 Å². The Morgan fingerprint density at radius 1 is 1.04 bits per heavy atom. The van der Waals surface area contributed by atoms with Crippen LogP contribution in [0.15, 0.2) is 64.5 Å². The van der Waals surface area contributed by atoms with Crippen molar-refractivity contribution in [2.45, 2.75) is 9.79 Å². The molecule has 0 bridgehead atoms. The van der Waals surface area contributed by atoms with Crippen molar-refractivity contribution < 1.29 is 4.92 Å². The highest BCUT2D eigenvalue weighted by Crippen LogP contribution is 2.39. The predicted octanol–water partition coefficient (Wildman–Crippen LogP) is 4.05. The number of nitro benzene ring substituents is 1. The molecular weight excluding hydrogens is 360 g/mol. The van der Waals surface area contributed by atoms with Gasteiger partial charge in [0, 0.05) is 54.4 Å². The number of para-hydroxylation sites is 1. The number of rotatable bonds is 4. The summed E-state index contributed by atoms with van der Waals surface area (Å²) in [5.74, 6) is 0. The zero-order valence-corrected chi connectivity index (χ0v) is 15.9. The second-order valence-electron chi connectivity index (χ2n) is 6.63. The van der Waals surface area contributed by atoms with E-state index < -0.39 is 0 Å². The van der Waals surface area contributed by atoms with E-state index in [1.54, 1.807) is 12.3 Å². The second kappa shape index (κ2) is 7.54. The van der Waals surface area contributed by atoms with E-state index in [9.17, 15) is 10.1 Å². The molecule has 0 saturated carbocycles. The van der Waals surface area contributed by atoms with Gasteiger partial charge in [0.2, 0.25) is 0 Å². The molecule has 1 saturated heterocycles. The van der Waals surface area contributed by atoms with Gasteiger partial charge in [-0.15, -0.1) is 0 Å². The van der Waals surface area contributed by atoms with Crippen LogP contribution in [0.25, 0.3) is 10.9 Å². The quantitative estimate of drug-likeness (QED) is 0.503. The number of aromatic nitrogens is 1. The summed E-state index contributed by atoms with van der Waals surface area (Å²) in [5, 5.41) is 12.6. The zero-order chi connectivity index (χ0) is 18.8. The van der Waals surface area contributed by atoms with Gasteiger partial charge in [-0.25, -0.2) is 0 Å². The number of piperazine rings is 1. The molecule has 7 heteroatoms. The van der Waals surface area contributed by atoms with Gasteiger partial charge in [0.1, 0.15) is 0 Å². The van der Waals surface area contributed by atoms with Crippen LogP contribution in [0, 0.1) is 10.1 Å². The van der Waals surface area contributed by atoms with Crippen LogP contribution < -0.4 is 4.90 Å². The van der Waals surface area contributed by atoms with Crippen LogP contribution >= 0.6 is 11.8 Å². The Morgan fingerprint density at radius 2 is 1.81 bits per heavy atom. The third-order valence-corrected chi connectivity index (χ3v) is 5.92. The van der Waals surface area contributed by atoms with Crippen molar-refractivity contribution in [3.05, 3.63) is 64.8 Å². The van der Waals surface area contributed by atoms with Crippen LogP contribution in [0.2, 0.25) is 0 Å². The molecule has 1 aliphatic rings. The number of benzene rings is 2. The van der Waals surface area contributed by atoms with E-state index in [4.69, 9.17) is 0 Å². The molecule has 0 N–H and O–H groups in total. The van der Waals surface area contributed by atoms with E-state index in [1.807, 2.05) is 42.5 Å². The smallest absolute Gasteiger partial charge is 0.283 e. The van der Waals surface area contributed by atoms with Gasteiger partial charge >= 0.3 is 0 Å². The first-order valence-corrected chi connectivity index (χ1v) is 9.67. The molecule has 0 amide bonds. The van der Waals surface area contributed by atoms with Gasteiger partial charge < -0.3 is 9.80 Å². The van der Waals surface area contributed by atoms with Crippen molar-refractivity contribution in [3.63, 3.8) is 0 Å². The molecule has 2 heterocycles. The fourth-order valence-electron chi connectivity index (χ4n) is 3.27. The van der Waals surface area contributed by atoms with E-state index in [2.05, 4.69) is 21.8 Å². The van der Waals surface area contributed by atoms with Crippen molar-refractivity contribution in [1.29, 1.82) is 0 Å². The molecule has 138 valence electrons. The Balaban J connectivity index is 1.71. The molecule has 1 fully saturated rings. The molecule has 0 aliphatic carbocycles. The lowest BCUT2D eigenvalue weighted by Crippen LogP contribution is -2.44. The average Bonchev–Trinajstić information content (AvgIpc) is 2.68. The lowest BCUT2D eigenvalue weighted by Gasteiger charge is -2.34. The topological polar surface area (TPSA) is 62.5 Å². The van der Waals surface area contributed by atoms with Crippen LogP contribution in [-0.4, -0.2) is 48.0 Å². The van der Waals surface area contributed by atoms with Gasteiger partial charge in [0.25, 0.3) is 5.69 Å². The lowest BCUT2D eigenvalue weighted by atomic mass is 10.2. The van der Waals surface area contributed by atoms with Crippen molar-refractivity contribution >= 4 is 34.0 Å². The summed E-state index contributed by atoms with van der Waals surface area (Å²) in [6.07, 6.45) is 1.75. The first kappa shape index (κ1) is 17.8. The molecule has 0 unspecified atom stereocenters. The normalized spacial score (nSPS) is 15.2. The number of nitro groups is 1. The van der Waals surface area contributed by atoms with Crippen molar-refractivity contribution in [3.8, 4) is 0 Å². The summed E-state index contributed by atoms with van der Waals surface area (Å²) >= 11 is 1.41. The molecular formula is C20H20N4O2S. The van der Waals surface area contributed by atoms with E-state index in [-0.39, 0.29) is 10.6 Å². The average molecular weight is 380 g/mol. The lowest BCUT2D eigenvalue weighted by molar-refractivity contribution is -0.387. The Labute approximate surface area is 162 Å². The summed E-state index contributed by atoms with van der Waals surface area (Å²) < 4.78 is 0. The van der Waals surface area contributed by atoms with Crippen LogP contribution in [-0.2, 0) is 0 Å². The molecule has 3 aromatic rings. The number of hydrogen-bond acceptors (Lipinski definition) is 6. The van der Waals surface area contributed by atoms with Gasteiger partial charge in [0.15, 0.2) is 0 Å². The molecule has 1 aliphatic heterocycles. The van der Waals surface area contributed by atoms with Crippen molar-refractivity contribution in [2.75, 3.05) is 38.1 Å². The van der Waals surface area contributed by atoms with Crippen molar-refractivity contribution in [2.24, 2.45) is 0 Å². The number of fused-ring (bicyclic) bond motifs is 1. The number of pyridine rings is 1. The largest absolute Gasteiger partial charge is 0.369 e. The van der Waals surface area contributed by atoms with Gasteiger partial charge in [-0.05, 0) is 31.3 Å². The van der Waals surface area contributed by atoms with Crippen LogP contribution in [0.1, 0.15) is 0 Å². The Morgan fingerprint density at radius 3 is 2.59 bits per heavy atom. The monoisotopic (exact) mass is 380 g/mol. The first-order valence-electron chi connectivity index (χ1n) is 8.85. The first-order chi connectivity index (χ1) is 13.1. The van der Waals surface area contributed by atoms with Crippen LogP contribution in [0.5, 0.6) is 0 Å². The minimum atomic E-state index is -0.311. The fraction of sp³-hybridized carbons (Fsp3) is 0.250. The summed E-state index contributed by atoms with van der Waals surface area (Å²) in [7, 11) is 2.11. The second-order valence-corrected chi connectivity index (χ2v) is 7.72. The minimum Gasteiger partial charge on any atom is -0.369 e. The maximum Gasteiger partial charge on any atom is 0.283 e. The number of likely N-dealkylation sites (N-methyl/N-ethyl adjacent to an activating group) is 1. The van der Waals surface area contributed by atoms with Crippen LogP contribution in [0.4, 0.5) is 11.4 Å².